The molecule has 190 valence electrons. The fourth-order valence-electron chi connectivity index (χ4n) is 4.00. The van der Waals surface area contributed by atoms with E-state index in [-0.39, 0.29) is 16.5 Å². The van der Waals surface area contributed by atoms with Crippen molar-refractivity contribution in [1.82, 2.24) is 4.90 Å². The number of carboxylic acids is 1. The van der Waals surface area contributed by atoms with E-state index < -0.39 is 43.1 Å². The van der Waals surface area contributed by atoms with Crippen LogP contribution in [-0.4, -0.2) is 73.7 Å². The predicted octanol–water partition coefficient (Wildman–Crippen LogP) is 2.80. The summed E-state index contributed by atoms with van der Waals surface area (Å²) in [6.45, 7) is 6.16. The van der Waals surface area contributed by atoms with Crippen LogP contribution in [0, 0.1) is 16.0 Å². The lowest BCUT2D eigenvalue weighted by atomic mass is 10.0. The molecule has 0 aromatic heterocycles. The van der Waals surface area contributed by atoms with Crippen molar-refractivity contribution in [1.29, 1.82) is 0 Å². The van der Waals surface area contributed by atoms with Crippen LogP contribution < -0.4 is 10.2 Å². The third kappa shape index (κ3) is 5.82. The van der Waals surface area contributed by atoms with Crippen molar-refractivity contribution in [3.8, 4) is 5.75 Å². The molecule has 3 rings (SSSR count). The number of nitro groups is 1. The van der Waals surface area contributed by atoms with Crippen molar-refractivity contribution in [2.24, 2.45) is 5.92 Å². The molecule has 0 aliphatic carbocycles. The molecule has 11 nitrogen and oxygen atoms in total. The molecule has 1 fully saturated rings. The van der Waals surface area contributed by atoms with Gasteiger partial charge >= 0.3 is 11.7 Å². The molecule has 0 unspecified atom stereocenters. The molecule has 0 amide bonds. The molecule has 1 aliphatic heterocycles. The molecule has 1 heterocycles. The number of anilines is 2. The van der Waals surface area contributed by atoms with E-state index in [0.717, 1.165) is 0 Å². The number of carboxylic acid groups (broad SMARTS) is 1. The van der Waals surface area contributed by atoms with Crippen LogP contribution in [-0.2, 0) is 14.6 Å². The predicted molar refractivity (Wildman–Crippen MR) is 131 cm³/mol. The molecule has 0 radical (unpaired) electrons. The summed E-state index contributed by atoms with van der Waals surface area (Å²) in [6, 6.07) is 7.08. The molecular weight excluding hydrogens is 476 g/mol. The number of nitro benzene ring substituents is 1. The number of nitrogens with zero attached hydrogens (tertiary/aromatic N) is 3. The number of rotatable bonds is 9. The topological polar surface area (TPSA) is 153 Å². The average molecular weight is 507 g/mol. The van der Waals surface area contributed by atoms with Gasteiger partial charge < -0.3 is 25.3 Å². The molecule has 1 atom stereocenters. The summed E-state index contributed by atoms with van der Waals surface area (Å²) in [6.07, 6.45) is 0.382. The van der Waals surface area contributed by atoms with Gasteiger partial charge in [0, 0.05) is 31.9 Å². The van der Waals surface area contributed by atoms with E-state index in [1.165, 1.54) is 36.4 Å². The highest BCUT2D eigenvalue weighted by molar-refractivity contribution is 7.91. The summed E-state index contributed by atoms with van der Waals surface area (Å²) >= 11 is 0. The maximum atomic E-state index is 13.2. The SMILES string of the molecule is CC(C)C[C@H](Nc1ccc(S(=O)(=O)c2ccc(N3CCN(C)CC3)c([N+](=O)[O-])c2O)cc1)C(=O)O. The number of hydrogen-bond acceptors (Lipinski definition) is 9. The third-order valence-electron chi connectivity index (χ3n) is 5.92. The summed E-state index contributed by atoms with van der Waals surface area (Å²) < 4.78 is 26.5. The van der Waals surface area contributed by atoms with Crippen LogP contribution in [0.25, 0.3) is 0 Å². The first-order valence-corrected chi connectivity index (χ1v) is 12.7. The van der Waals surface area contributed by atoms with Crippen molar-refractivity contribution < 1.29 is 28.3 Å². The number of benzene rings is 2. The van der Waals surface area contributed by atoms with Crippen molar-refractivity contribution in [2.45, 2.75) is 36.1 Å². The molecule has 2 aromatic carbocycles. The van der Waals surface area contributed by atoms with E-state index >= 15 is 0 Å². The number of likely N-dealkylation sites (N-methyl/N-ethyl adjacent to an activating group) is 1. The first-order valence-electron chi connectivity index (χ1n) is 11.2. The van der Waals surface area contributed by atoms with Crippen LogP contribution in [0.15, 0.2) is 46.2 Å². The van der Waals surface area contributed by atoms with Gasteiger partial charge in [-0.1, -0.05) is 13.8 Å². The van der Waals surface area contributed by atoms with Crippen LogP contribution in [0.4, 0.5) is 17.1 Å². The number of carbonyl (C=O) groups is 1. The van der Waals surface area contributed by atoms with Crippen LogP contribution in [0.5, 0.6) is 5.75 Å². The number of aliphatic carboxylic acids is 1. The normalized spacial score (nSPS) is 15.7. The molecule has 1 saturated heterocycles. The average Bonchev–Trinajstić information content (AvgIpc) is 2.78. The zero-order valence-corrected chi connectivity index (χ0v) is 20.7. The zero-order chi connectivity index (χ0) is 25.9. The van der Waals surface area contributed by atoms with E-state index in [9.17, 15) is 33.5 Å². The van der Waals surface area contributed by atoms with Crippen molar-refractivity contribution >= 4 is 32.9 Å². The Morgan fingerprint density at radius 2 is 1.71 bits per heavy atom. The second-order valence-electron chi connectivity index (χ2n) is 9.02. The Balaban J connectivity index is 1.92. The van der Waals surface area contributed by atoms with E-state index in [4.69, 9.17) is 0 Å². The number of sulfone groups is 1. The van der Waals surface area contributed by atoms with Crippen molar-refractivity contribution in [2.75, 3.05) is 43.4 Å². The van der Waals surface area contributed by atoms with Gasteiger partial charge in [-0.15, -0.1) is 0 Å². The van der Waals surface area contributed by atoms with Gasteiger partial charge in [-0.2, -0.15) is 0 Å². The second kappa shape index (κ2) is 10.5. The van der Waals surface area contributed by atoms with Crippen molar-refractivity contribution in [3.63, 3.8) is 0 Å². The molecular formula is C23H30N4O7S. The highest BCUT2D eigenvalue weighted by Gasteiger charge is 2.33. The number of nitrogens with one attached hydrogen (secondary N) is 1. The molecule has 3 N–H and O–H groups in total. The van der Waals surface area contributed by atoms with Crippen LogP contribution in [0.2, 0.25) is 0 Å². The Morgan fingerprint density at radius 3 is 2.23 bits per heavy atom. The van der Waals surface area contributed by atoms with Crippen LogP contribution in [0.1, 0.15) is 20.3 Å². The standard InChI is InChI=1S/C23H30N4O7S/c1-15(2)14-18(23(29)30)24-16-4-6-17(7-5-16)35(33,34)20-9-8-19(21(22(20)28)27(31)32)26-12-10-25(3)11-13-26/h4-9,15,18,24,28H,10-14H2,1-3H3,(H,29,30)/t18-/m0/s1. The maximum absolute atomic E-state index is 13.2. The lowest BCUT2D eigenvalue weighted by molar-refractivity contribution is -0.385. The van der Waals surface area contributed by atoms with Gasteiger partial charge in [0.15, 0.2) is 0 Å². The molecule has 1 aliphatic rings. The monoisotopic (exact) mass is 506 g/mol. The minimum absolute atomic E-state index is 0.135. The number of phenolic OH excluding ortho intramolecular Hbond substituents is 1. The Morgan fingerprint density at radius 1 is 1.11 bits per heavy atom. The largest absolute Gasteiger partial charge is 0.501 e. The molecule has 0 bridgehead atoms. The van der Waals surface area contributed by atoms with Gasteiger partial charge in [-0.3, -0.25) is 10.1 Å². The van der Waals surface area contributed by atoms with E-state index in [1.807, 2.05) is 20.9 Å². The summed E-state index contributed by atoms with van der Waals surface area (Å²) in [5.41, 5.74) is -0.0616. The van der Waals surface area contributed by atoms with E-state index in [1.54, 1.807) is 4.90 Å². The molecule has 0 saturated carbocycles. The number of hydrogen-bond donors (Lipinski definition) is 3. The van der Waals surface area contributed by atoms with Gasteiger partial charge in [0.2, 0.25) is 15.6 Å². The van der Waals surface area contributed by atoms with Crippen LogP contribution >= 0.6 is 0 Å². The summed E-state index contributed by atoms with van der Waals surface area (Å²) in [5, 5.41) is 34.8. The lowest BCUT2D eigenvalue weighted by Gasteiger charge is -2.33. The number of phenols is 1. The zero-order valence-electron chi connectivity index (χ0n) is 19.8. The molecule has 2 aromatic rings. The first-order chi connectivity index (χ1) is 16.4. The third-order valence-corrected chi connectivity index (χ3v) is 7.72. The molecule has 35 heavy (non-hydrogen) atoms. The first kappa shape index (κ1) is 26.2. The molecule has 12 heteroatoms. The van der Waals surface area contributed by atoms with Gasteiger partial charge in [0.05, 0.1) is 9.82 Å². The fourth-order valence-corrected chi connectivity index (χ4v) is 5.35. The smallest absolute Gasteiger partial charge is 0.335 e. The minimum atomic E-state index is -4.29. The van der Waals surface area contributed by atoms with Gasteiger partial charge in [-0.25, -0.2) is 13.2 Å². The summed E-state index contributed by atoms with van der Waals surface area (Å²) in [7, 11) is -2.35. The Bertz CT molecular complexity index is 1190. The fraction of sp³-hybridized carbons (Fsp3) is 0.435. The minimum Gasteiger partial charge on any atom is -0.501 e. The van der Waals surface area contributed by atoms with E-state index in [2.05, 4.69) is 10.2 Å². The summed E-state index contributed by atoms with van der Waals surface area (Å²) in [4.78, 5) is 25.6. The maximum Gasteiger partial charge on any atom is 0.335 e. The Hall–Kier alpha value is -3.38. The number of piperazine rings is 1. The number of aromatic hydroxyl groups is 1. The Labute approximate surface area is 204 Å². The lowest BCUT2D eigenvalue weighted by Crippen LogP contribution is -2.44. The second-order valence-corrected chi connectivity index (χ2v) is 10.9. The van der Waals surface area contributed by atoms with Crippen LogP contribution in [0.3, 0.4) is 0 Å². The Kier molecular flexibility index (Phi) is 7.86. The van der Waals surface area contributed by atoms with Crippen molar-refractivity contribution in [3.05, 3.63) is 46.5 Å². The van der Waals surface area contributed by atoms with Gasteiger partial charge in [0.25, 0.3) is 0 Å². The highest BCUT2D eigenvalue weighted by Crippen LogP contribution is 2.43. The quantitative estimate of drug-likeness (QED) is 0.342. The highest BCUT2D eigenvalue weighted by atomic mass is 32.2. The van der Waals surface area contributed by atoms with Gasteiger partial charge in [0.1, 0.15) is 16.6 Å². The van der Waals surface area contributed by atoms with E-state index in [0.29, 0.717) is 38.3 Å². The summed E-state index contributed by atoms with van der Waals surface area (Å²) in [5.74, 6) is -1.79. The molecule has 0 spiro atoms. The van der Waals surface area contributed by atoms with Gasteiger partial charge in [-0.05, 0) is 55.8 Å².